The predicted molar refractivity (Wildman–Crippen MR) is 109 cm³/mol. The van der Waals surface area contributed by atoms with E-state index >= 15 is 0 Å². The van der Waals surface area contributed by atoms with Gasteiger partial charge in [-0.05, 0) is 24.8 Å². The number of benzene rings is 1. The lowest BCUT2D eigenvalue weighted by Gasteiger charge is -2.32. The lowest BCUT2D eigenvalue weighted by molar-refractivity contribution is -0.132. The Morgan fingerprint density at radius 3 is 2.69 bits per heavy atom. The molecule has 3 rings (SSSR count). The molecule has 26 heavy (non-hydrogen) atoms. The second kappa shape index (κ2) is 8.49. The van der Waals surface area contributed by atoms with E-state index in [0.717, 1.165) is 31.7 Å². The normalized spacial score (nSPS) is 20.8. The maximum absolute atomic E-state index is 12.6. The van der Waals surface area contributed by atoms with Gasteiger partial charge >= 0.3 is 0 Å². The van der Waals surface area contributed by atoms with Crippen molar-refractivity contribution in [3.05, 3.63) is 39.8 Å². The Morgan fingerprint density at radius 1 is 1.31 bits per heavy atom. The van der Waals surface area contributed by atoms with Crippen LogP contribution >= 0.6 is 35.6 Å². The largest absolute Gasteiger partial charge is 0.304 e. The van der Waals surface area contributed by atoms with Crippen LogP contribution in [0.5, 0.6) is 0 Å². The Hall–Kier alpha value is -1.45. The number of carbonyl (C=O) groups is 2. The standard InChI is InChI=1S/C17H19ClN4O2S2/c1-20-6-8-21(9-7-20)19-15(23)11-22-16(24)14(26-17(22)25)10-12-4-2-3-5-13(12)18/h2-5,10H,6-9,11H2,1H3,(H,19,23)/b14-10-. The highest BCUT2D eigenvalue weighted by Gasteiger charge is 2.33. The zero-order valence-electron chi connectivity index (χ0n) is 14.3. The minimum atomic E-state index is -0.270. The number of hydrogen-bond acceptors (Lipinski definition) is 6. The summed E-state index contributed by atoms with van der Waals surface area (Å²) >= 11 is 12.6. The zero-order valence-corrected chi connectivity index (χ0v) is 16.7. The van der Waals surface area contributed by atoms with Gasteiger partial charge in [0.1, 0.15) is 10.9 Å². The summed E-state index contributed by atoms with van der Waals surface area (Å²) in [5, 5.41) is 2.44. The van der Waals surface area contributed by atoms with E-state index < -0.39 is 0 Å². The molecule has 0 aliphatic carbocycles. The molecule has 2 fully saturated rings. The average Bonchev–Trinajstić information content (AvgIpc) is 2.86. The van der Waals surface area contributed by atoms with Gasteiger partial charge in [-0.3, -0.25) is 19.9 Å². The minimum Gasteiger partial charge on any atom is -0.304 e. The molecule has 0 saturated carbocycles. The SMILES string of the molecule is CN1CCN(NC(=O)CN2C(=O)/C(=C/c3ccccc3Cl)SC2=S)CC1. The van der Waals surface area contributed by atoms with Gasteiger partial charge in [0.05, 0.1) is 4.91 Å². The molecule has 1 N–H and O–H groups in total. The zero-order chi connectivity index (χ0) is 18.7. The smallest absolute Gasteiger partial charge is 0.266 e. The van der Waals surface area contributed by atoms with Gasteiger partial charge in [-0.15, -0.1) is 0 Å². The van der Waals surface area contributed by atoms with Gasteiger partial charge in [-0.25, -0.2) is 5.01 Å². The van der Waals surface area contributed by atoms with Crippen molar-refractivity contribution in [1.29, 1.82) is 0 Å². The molecule has 9 heteroatoms. The van der Waals surface area contributed by atoms with Gasteiger partial charge in [0.2, 0.25) is 0 Å². The second-order valence-corrected chi connectivity index (χ2v) is 8.20. The number of nitrogens with zero attached hydrogens (tertiary/aromatic N) is 3. The maximum atomic E-state index is 12.6. The monoisotopic (exact) mass is 410 g/mol. The number of amides is 2. The highest BCUT2D eigenvalue weighted by molar-refractivity contribution is 8.26. The third-order valence-corrected chi connectivity index (χ3v) is 5.88. The molecule has 1 aromatic carbocycles. The Labute approximate surface area is 167 Å². The van der Waals surface area contributed by atoms with E-state index in [4.69, 9.17) is 23.8 Å². The van der Waals surface area contributed by atoms with Crippen LogP contribution in [0, 0.1) is 0 Å². The summed E-state index contributed by atoms with van der Waals surface area (Å²) in [4.78, 5) is 28.9. The molecule has 0 radical (unpaired) electrons. The summed E-state index contributed by atoms with van der Waals surface area (Å²) in [6.07, 6.45) is 1.71. The molecule has 0 atom stereocenters. The fourth-order valence-corrected chi connectivity index (χ4v) is 4.08. The molecule has 2 amide bonds. The van der Waals surface area contributed by atoms with Crippen molar-refractivity contribution in [3.8, 4) is 0 Å². The molecular weight excluding hydrogens is 392 g/mol. The molecule has 2 heterocycles. The Morgan fingerprint density at radius 2 is 2.00 bits per heavy atom. The summed E-state index contributed by atoms with van der Waals surface area (Å²) in [6.45, 7) is 3.21. The predicted octanol–water partition coefficient (Wildman–Crippen LogP) is 1.82. The first-order chi connectivity index (χ1) is 12.4. The lowest BCUT2D eigenvalue weighted by Crippen LogP contribution is -2.54. The van der Waals surface area contributed by atoms with Crippen molar-refractivity contribution in [3.63, 3.8) is 0 Å². The quantitative estimate of drug-likeness (QED) is 0.603. The van der Waals surface area contributed by atoms with E-state index in [0.29, 0.717) is 14.2 Å². The van der Waals surface area contributed by atoms with Crippen molar-refractivity contribution < 1.29 is 9.59 Å². The molecule has 138 valence electrons. The number of rotatable bonds is 4. The van der Waals surface area contributed by atoms with E-state index in [-0.39, 0.29) is 18.4 Å². The van der Waals surface area contributed by atoms with Gasteiger partial charge in [0.15, 0.2) is 0 Å². The Bertz CT molecular complexity index is 763. The van der Waals surface area contributed by atoms with Crippen LogP contribution in [0.1, 0.15) is 5.56 Å². The van der Waals surface area contributed by atoms with Crippen molar-refractivity contribution >= 4 is 57.8 Å². The molecule has 0 unspecified atom stereocenters. The van der Waals surface area contributed by atoms with Crippen molar-refractivity contribution in [2.75, 3.05) is 39.8 Å². The van der Waals surface area contributed by atoms with Gasteiger partial charge in [-0.2, -0.15) is 0 Å². The van der Waals surface area contributed by atoms with E-state index in [1.165, 1.54) is 16.7 Å². The number of halogens is 1. The first-order valence-electron chi connectivity index (χ1n) is 8.17. The number of carbonyl (C=O) groups excluding carboxylic acids is 2. The number of thioether (sulfide) groups is 1. The summed E-state index contributed by atoms with van der Waals surface area (Å²) < 4.78 is 0.377. The van der Waals surface area contributed by atoms with Crippen LogP contribution in [-0.4, -0.2) is 70.7 Å². The molecule has 1 aromatic rings. The van der Waals surface area contributed by atoms with Crippen LogP contribution in [-0.2, 0) is 9.59 Å². The molecule has 6 nitrogen and oxygen atoms in total. The van der Waals surface area contributed by atoms with Crippen LogP contribution in [0.2, 0.25) is 5.02 Å². The van der Waals surface area contributed by atoms with Gasteiger partial charge in [-0.1, -0.05) is 53.8 Å². The second-order valence-electron chi connectivity index (χ2n) is 6.11. The highest BCUT2D eigenvalue weighted by atomic mass is 35.5. The third-order valence-electron chi connectivity index (χ3n) is 4.15. The topological polar surface area (TPSA) is 55.9 Å². The number of likely N-dealkylation sites (N-methyl/N-ethyl adjacent to an activating group) is 1. The van der Waals surface area contributed by atoms with Gasteiger partial charge in [0, 0.05) is 31.2 Å². The molecule has 0 aromatic heterocycles. The Kier molecular flexibility index (Phi) is 6.31. The summed E-state index contributed by atoms with van der Waals surface area (Å²) in [6, 6.07) is 7.27. The number of nitrogens with one attached hydrogen (secondary N) is 1. The van der Waals surface area contributed by atoms with Crippen molar-refractivity contribution in [2.24, 2.45) is 0 Å². The van der Waals surface area contributed by atoms with Crippen LogP contribution in [0.4, 0.5) is 0 Å². The molecule has 2 aliphatic rings. The minimum absolute atomic E-state index is 0.0864. The first-order valence-corrected chi connectivity index (χ1v) is 9.77. The highest BCUT2D eigenvalue weighted by Crippen LogP contribution is 2.33. The molecule has 0 bridgehead atoms. The molecule has 2 saturated heterocycles. The third kappa shape index (κ3) is 4.63. The fourth-order valence-electron chi connectivity index (χ4n) is 2.64. The first kappa shape index (κ1) is 19.3. The maximum Gasteiger partial charge on any atom is 0.266 e. The van der Waals surface area contributed by atoms with E-state index in [9.17, 15) is 9.59 Å². The lowest BCUT2D eigenvalue weighted by atomic mass is 10.2. The molecule has 0 spiro atoms. The van der Waals surface area contributed by atoms with E-state index in [2.05, 4.69) is 10.3 Å². The van der Waals surface area contributed by atoms with E-state index in [1.54, 1.807) is 12.1 Å². The Balaban J connectivity index is 1.62. The average molecular weight is 411 g/mol. The number of thiocarbonyl (C=S) groups is 1. The van der Waals surface area contributed by atoms with Crippen LogP contribution in [0.15, 0.2) is 29.2 Å². The van der Waals surface area contributed by atoms with Crippen LogP contribution < -0.4 is 5.43 Å². The number of hydrogen-bond donors (Lipinski definition) is 1. The molecule has 2 aliphatic heterocycles. The summed E-state index contributed by atoms with van der Waals surface area (Å²) in [7, 11) is 2.05. The number of hydrazine groups is 1. The molecular formula is C17H19ClN4O2S2. The van der Waals surface area contributed by atoms with Crippen molar-refractivity contribution in [1.82, 2.24) is 20.2 Å². The summed E-state index contributed by atoms with van der Waals surface area (Å²) in [5.74, 6) is -0.515. The fraction of sp³-hybridized carbons (Fsp3) is 0.353. The van der Waals surface area contributed by atoms with Gasteiger partial charge in [0.25, 0.3) is 11.8 Å². The van der Waals surface area contributed by atoms with Crippen LogP contribution in [0.3, 0.4) is 0 Å². The van der Waals surface area contributed by atoms with Gasteiger partial charge < -0.3 is 4.90 Å². The van der Waals surface area contributed by atoms with E-state index in [1.807, 2.05) is 30.3 Å². The van der Waals surface area contributed by atoms with Crippen molar-refractivity contribution in [2.45, 2.75) is 0 Å². The number of piperazine rings is 1. The van der Waals surface area contributed by atoms with Crippen LogP contribution in [0.25, 0.3) is 6.08 Å². The summed E-state index contributed by atoms with van der Waals surface area (Å²) in [5.41, 5.74) is 3.59.